The van der Waals surface area contributed by atoms with E-state index in [0.29, 0.717) is 16.8 Å². The van der Waals surface area contributed by atoms with Gasteiger partial charge in [0.05, 0.1) is 11.3 Å². The number of carbonyl (C=O) groups excluding carboxylic acids is 1. The van der Waals surface area contributed by atoms with Crippen LogP contribution in [0.1, 0.15) is 15.9 Å². The first-order valence-corrected chi connectivity index (χ1v) is 6.12. The lowest BCUT2D eigenvalue weighted by molar-refractivity contribution is 0.102. The van der Waals surface area contributed by atoms with E-state index >= 15 is 0 Å². The van der Waals surface area contributed by atoms with Gasteiger partial charge in [-0.1, -0.05) is 15.9 Å². The second-order valence-electron chi connectivity index (χ2n) is 3.73. The summed E-state index contributed by atoms with van der Waals surface area (Å²) in [5, 5.41) is 11.7. The molecule has 6 heteroatoms. The van der Waals surface area contributed by atoms with Crippen molar-refractivity contribution in [1.29, 1.82) is 5.26 Å². The van der Waals surface area contributed by atoms with E-state index in [1.807, 2.05) is 6.07 Å². The number of nitrogen functional groups attached to an aromatic ring is 1. The number of hydrogen-bond donors (Lipinski definition) is 2. The maximum atomic E-state index is 12.0. The molecule has 0 aliphatic carbocycles. The highest BCUT2D eigenvalue weighted by Gasteiger charge is 2.10. The molecule has 0 fully saturated rings. The normalized spacial score (nSPS) is 9.68. The Kier molecular flexibility index (Phi) is 3.78. The second-order valence-corrected chi connectivity index (χ2v) is 4.64. The van der Waals surface area contributed by atoms with Crippen LogP contribution in [0.4, 0.5) is 11.5 Å². The van der Waals surface area contributed by atoms with Gasteiger partial charge in [-0.05, 0) is 30.3 Å². The molecule has 2 rings (SSSR count). The molecule has 1 aromatic carbocycles. The van der Waals surface area contributed by atoms with Crippen molar-refractivity contribution in [3.63, 3.8) is 0 Å². The fourth-order valence-electron chi connectivity index (χ4n) is 1.50. The summed E-state index contributed by atoms with van der Waals surface area (Å²) in [6, 6.07) is 10.1. The zero-order chi connectivity index (χ0) is 13.8. The molecule has 19 heavy (non-hydrogen) atoms. The third-order valence-electron chi connectivity index (χ3n) is 2.39. The van der Waals surface area contributed by atoms with E-state index in [2.05, 4.69) is 26.2 Å². The minimum atomic E-state index is -0.344. The lowest BCUT2D eigenvalue weighted by Crippen LogP contribution is -2.13. The van der Waals surface area contributed by atoms with E-state index < -0.39 is 0 Å². The van der Waals surface area contributed by atoms with Gasteiger partial charge in [-0.2, -0.15) is 5.26 Å². The largest absolute Gasteiger partial charge is 0.384 e. The Labute approximate surface area is 118 Å². The first-order valence-electron chi connectivity index (χ1n) is 5.32. The Morgan fingerprint density at radius 1 is 1.37 bits per heavy atom. The summed E-state index contributed by atoms with van der Waals surface area (Å²) in [7, 11) is 0. The first kappa shape index (κ1) is 13.1. The highest BCUT2D eigenvalue weighted by molar-refractivity contribution is 9.10. The molecule has 3 N–H and O–H groups in total. The van der Waals surface area contributed by atoms with E-state index in [1.165, 1.54) is 12.3 Å². The molecule has 0 saturated heterocycles. The quantitative estimate of drug-likeness (QED) is 0.890. The number of aromatic nitrogens is 1. The summed E-state index contributed by atoms with van der Waals surface area (Å²) in [6.07, 6.45) is 1.45. The van der Waals surface area contributed by atoms with Crippen LogP contribution in [-0.2, 0) is 0 Å². The van der Waals surface area contributed by atoms with Crippen LogP contribution in [0, 0.1) is 11.3 Å². The van der Waals surface area contributed by atoms with Gasteiger partial charge in [0, 0.05) is 16.2 Å². The van der Waals surface area contributed by atoms with E-state index in [4.69, 9.17) is 11.0 Å². The predicted octanol–water partition coefficient (Wildman–Crippen LogP) is 2.55. The molecule has 1 amide bonds. The SMILES string of the molecule is N#Cc1ccc(Br)cc1NC(=O)c1ccnc(N)c1. The molecule has 2 aromatic rings. The third kappa shape index (κ3) is 3.09. The fourth-order valence-corrected chi connectivity index (χ4v) is 1.86. The average molecular weight is 317 g/mol. The number of benzene rings is 1. The van der Waals surface area contributed by atoms with Crippen LogP contribution < -0.4 is 11.1 Å². The van der Waals surface area contributed by atoms with Crippen molar-refractivity contribution < 1.29 is 4.79 Å². The molecular weight excluding hydrogens is 308 g/mol. The summed E-state index contributed by atoms with van der Waals surface area (Å²) < 4.78 is 0.774. The highest BCUT2D eigenvalue weighted by atomic mass is 79.9. The summed E-state index contributed by atoms with van der Waals surface area (Å²) >= 11 is 3.29. The Morgan fingerprint density at radius 2 is 2.16 bits per heavy atom. The van der Waals surface area contributed by atoms with Gasteiger partial charge >= 0.3 is 0 Å². The third-order valence-corrected chi connectivity index (χ3v) is 2.89. The number of nitrogens with one attached hydrogen (secondary N) is 1. The number of rotatable bonds is 2. The smallest absolute Gasteiger partial charge is 0.255 e. The molecule has 0 atom stereocenters. The molecule has 1 heterocycles. The number of carbonyl (C=O) groups is 1. The van der Waals surface area contributed by atoms with Crippen molar-refractivity contribution >= 4 is 33.3 Å². The molecule has 0 aliphatic heterocycles. The lowest BCUT2D eigenvalue weighted by Gasteiger charge is -2.07. The molecule has 0 bridgehead atoms. The molecule has 1 aromatic heterocycles. The monoisotopic (exact) mass is 316 g/mol. The van der Waals surface area contributed by atoms with Gasteiger partial charge in [0.25, 0.3) is 5.91 Å². The van der Waals surface area contributed by atoms with E-state index in [-0.39, 0.29) is 11.7 Å². The van der Waals surface area contributed by atoms with Crippen molar-refractivity contribution in [1.82, 2.24) is 4.98 Å². The summed E-state index contributed by atoms with van der Waals surface area (Å²) in [5.41, 5.74) is 6.73. The van der Waals surface area contributed by atoms with E-state index in [1.54, 1.807) is 24.3 Å². The minimum Gasteiger partial charge on any atom is -0.384 e. The van der Waals surface area contributed by atoms with Gasteiger partial charge in [-0.25, -0.2) is 4.98 Å². The molecule has 0 spiro atoms. The van der Waals surface area contributed by atoms with Crippen LogP contribution in [0.25, 0.3) is 0 Å². The van der Waals surface area contributed by atoms with Crippen LogP contribution in [0.3, 0.4) is 0 Å². The maximum Gasteiger partial charge on any atom is 0.255 e. The number of nitrogens with zero attached hydrogens (tertiary/aromatic N) is 2. The summed E-state index contributed by atoms with van der Waals surface area (Å²) in [5.74, 6) is -0.0777. The van der Waals surface area contributed by atoms with Crippen LogP contribution >= 0.6 is 15.9 Å². The molecule has 0 aliphatic rings. The van der Waals surface area contributed by atoms with Gasteiger partial charge in [0.15, 0.2) is 0 Å². The molecule has 5 nitrogen and oxygen atoms in total. The van der Waals surface area contributed by atoms with Gasteiger partial charge in [0.2, 0.25) is 0 Å². The van der Waals surface area contributed by atoms with Crippen molar-refractivity contribution in [2.75, 3.05) is 11.1 Å². The number of pyridine rings is 1. The Bertz CT molecular complexity index is 679. The van der Waals surface area contributed by atoms with Crippen LogP contribution in [0.2, 0.25) is 0 Å². The first-order chi connectivity index (χ1) is 9.10. The van der Waals surface area contributed by atoms with Crippen LogP contribution in [0.15, 0.2) is 41.0 Å². The standard InChI is InChI=1S/C13H9BrN4O/c14-10-2-1-9(7-15)11(6-10)18-13(19)8-3-4-17-12(16)5-8/h1-6H,(H2,16,17)(H,18,19). The molecule has 0 unspecified atom stereocenters. The molecule has 0 radical (unpaired) electrons. The average Bonchev–Trinajstić information content (AvgIpc) is 2.39. The van der Waals surface area contributed by atoms with Gasteiger partial charge < -0.3 is 11.1 Å². The Morgan fingerprint density at radius 3 is 2.84 bits per heavy atom. The lowest BCUT2D eigenvalue weighted by atomic mass is 10.2. The van der Waals surface area contributed by atoms with Crippen molar-refractivity contribution in [3.8, 4) is 6.07 Å². The predicted molar refractivity (Wildman–Crippen MR) is 75.5 cm³/mol. The Hall–Kier alpha value is -2.39. The zero-order valence-corrected chi connectivity index (χ0v) is 11.3. The number of anilines is 2. The maximum absolute atomic E-state index is 12.0. The van der Waals surface area contributed by atoms with Gasteiger partial charge in [-0.15, -0.1) is 0 Å². The minimum absolute atomic E-state index is 0.266. The Balaban J connectivity index is 2.29. The summed E-state index contributed by atoms with van der Waals surface area (Å²) in [6.45, 7) is 0. The van der Waals surface area contributed by atoms with Crippen LogP contribution in [0.5, 0.6) is 0 Å². The number of amides is 1. The molecular formula is C13H9BrN4O. The zero-order valence-electron chi connectivity index (χ0n) is 9.72. The van der Waals surface area contributed by atoms with Crippen molar-refractivity contribution in [2.45, 2.75) is 0 Å². The van der Waals surface area contributed by atoms with E-state index in [9.17, 15) is 4.79 Å². The van der Waals surface area contributed by atoms with Gasteiger partial charge in [0.1, 0.15) is 11.9 Å². The molecule has 0 saturated carbocycles. The second kappa shape index (κ2) is 5.50. The van der Waals surface area contributed by atoms with Crippen molar-refractivity contribution in [2.24, 2.45) is 0 Å². The topological polar surface area (TPSA) is 91.8 Å². The number of halogens is 1. The number of nitriles is 1. The molecule has 94 valence electrons. The van der Waals surface area contributed by atoms with Gasteiger partial charge in [-0.3, -0.25) is 4.79 Å². The van der Waals surface area contributed by atoms with Crippen LogP contribution in [-0.4, -0.2) is 10.9 Å². The number of nitrogens with two attached hydrogens (primary N) is 1. The highest BCUT2D eigenvalue weighted by Crippen LogP contribution is 2.21. The van der Waals surface area contributed by atoms with Crippen molar-refractivity contribution in [3.05, 3.63) is 52.1 Å². The number of hydrogen-bond acceptors (Lipinski definition) is 4. The van der Waals surface area contributed by atoms with E-state index in [0.717, 1.165) is 4.47 Å². The fraction of sp³-hybridized carbons (Fsp3) is 0. The summed E-state index contributed by atoms with van der Waals surface area (Å²) in [4.78, 5) is 15.8.